The number of nitrogens with zero attached hydrogens (tertiary/aromatic N) is 3. The first-order valence-electron chi connectivity index (χ1n) is 6.47. The summed E-state index contributed by atoms with van der Waals surface area (Å²) in [7, 11) is 0. The molecule has 19 heavy (non-hydrogen) atoms. The van der Waals surface area contributed by atoms with Crippen LogP contribution in [0.5, 0.6) is 0 Å². The smallest absolute Gasteiger partial charge is 0.255 e. The number of carbonyl (C=O) groups is 1. The zero-order chi connectivity index (χ0) is 13.1. The van der Waals surface area contributed by atoms with E-state index in [1.807, 2.05) is 29.3 Å². The van der Waals surface area contributed by atoms with Gasteiger partial charge in [-0.1, -0.05) is 6.07 Å². The van der Waals surface area contributed by atoms with Crippen LogP contribution in [0.1, 0.15) is 34.8 Å². The number of pyridine rings is 2. The van der Waals surface area contributed by atoms with Crippen LogP contribution in [-0.2, 0) is 0 Å². The van der Waals surface area contributed by atoms with Crippen molar-refractivity contribution in [2.24, 2.45) is 0 Å². The summed E-state index contributed by atoms with van der Waals surface area (Å²) >= 11 is 0. The van der Waals surface area contributed by atoms with Crippen LogP contribution in [0.15, 0.2) is 49.1 Å². The Bertz CT molecular complexity index is 556. The van der Waals surface area contributed by atoms with Crippen molar-refractivity contribution in [2.45, 2.75) is 18.9 Å². The van der Waals surface area contributed by atoms with Gasteiger partial charge in [0.1, 0.15) is 0 Å². The lowest BCUT2D eigenvalue weighted by Gasteiger charge is -2.24. The Morgan fingerprint density at radius 2 is 1.95 bits per heavy atom. The summed E-state index contributed by atoms with van der Waals surface area (Å²) < 4.78 is 0. The van der Waals surface area contributed by atoms with E-state index in [2.05, 4.69) is 9.97 Å². The fraction of sp³-hybridized carbons (Fsp3) is 0.267. The normalized spacial score (nSPS) is 18.5. The largest absolute Gasteiger partial charge is 0.331 e. The maximum Gasteiger partial charge on any atom is 0.255 e. The highest BCUT2D eigenvalue weighted by Crippen LogP contribution is 2.32. The Morgan fingerprint density at radius 1 is 1.16 bits per heavy atom. The van der Waals surface area contributed by atoms with Crippen molar-refractivity contribution in [1.29, 1.82) is 0 Å². The monoisotopic (exact) mass is 253 g/mol. The minimum atomic E-state index is 0.0550. The van der Waals surface area contributed by atoms with Crippen LogP contribution in [0.2, 0.25) is 0 Å². The van der Waals surface area contributed by atoms with Gasteiger partial charge in [-0.05, 0) is 36.6 Å². The van der Waals surface area contributed by atoms with E-state index in [4.69, 9.17) is 0 Å². The average Bonchev–Trinajstić information content (AvgIpc) is 2.98. The Morgan fingerprint density at radius 3 is 2.63 bits per heavy atom. The number of likely N-dealkylation sites (tertiary alicyclic amines) is 1. The van der Waals surface area contributed by atoms with Gasteiger partial charge in [0.2, 0.25) is 0 Å². The van der Waals surface area contributed by atoms with Gasteiger partial charge in [-0.25, -0.2) is 0 Å². The molecule has 0 aliphatic carbocycles. The first-order valence-corrected chi connectivity index (χ1v) is 6.47. The summed E-state index contributed by atoms with van der Waals surface area (Å²) in [6.07, 6.45) is 8.94. The molecule has 0 bridgehead atoms. The minimum absolute atomic E-state index is 0.0550. The van der Waals surface area contributed by atoms with Crippen LogP contribution in [-0.4, -0.2) is 27.3 Å². The second-order valence-corrected chi connectivity index (χ2v) is 4.68. The predicted molar refractivity (Wildman–Crippen MR) is 71.5 cm³/mol. The van der Waals surface area contributed by atoms with Gasteiger partial charge in [0, 0.05) is 31.3 Å². The van der Waals surface area contributed by atoms with Crippen LogP contribution in [0, 0.1) is 0 Å². The van der Waals surface area contributed by atoms with Gasteiger partial charge in [-0.2, -0.15) is 0 Å². The molecule has 0 aromatic carbocycles. The van der Waals surface area contributed by atoms with Crippen molar-refractivity contribution in [3.63, 3.8) is 0 Å². The number of hydrogen-bond donors (Lipinski definition) is 0. The fourth-order valence-electron chi connectivity index (χ4n) is 2.58. The maximum absolute atomic E-state index is 12.5. The minimum Gasteiger partial charge on any atom is -0.331 e. The summed E-state index contributed by atoms with van der Waals surface area (Å²) in [5.41, 5.74) is 1.76. The van der Waals surface area contributed by atoms with Crippen LogP contribution in [0.4, 0.5) is 0 Å². The van der Waals surface area contributed by atoms with Crippen molar-refractivity contribution in [2.75, 3.05) is 6.54 Å². The molecule has 1 fully saturated rings. The van der Waals surface area contributed by atoms with Crippen LogP contribution >= 0.6 is 0 Å². The summed E-state index contributed by atoms with van der Waals surface area (Å²) in [5.74, 6) is 0.0550. The Balaban J connectivity index is 1.86. The molecule has 4 heteroatoms. The molecule has 0 N–H and O–H groups in total. The maximum atomic E-state index is 12.5. The van der Waals surface area contributed by atoms with Gasteiger partial charge in [0.15, 0.2) is 0 Å². The summed E-state index contributed by atoms with van der Waals surface area (Å²) in [6.45, 7) is 0.799. The highest BCUT2D eigenvalue weighted by Gasteiger charge is 2.30. The van der Waals surface area contributed by atoms with Crippen molar-refractivity contribution in [3.05, 3.63) is 60.2 Å². The van der Waals surface area contributed by atoms with E-state index in [1.54, 1.807) is 24.7 Å². The molecule has 1 atom stereocenters. The van der Waals surface area contributed by atoms with Gasteiger partial charge in [0.25, 0.3) is 5.91 Å². The second kappa shape index (κ2) is 5.18. The molecule has 2 aromatic heterocycles. The van der Waals surface area contributed by atoms with Crippen LogP contribution in [0.3, 0.4) is 0 Å². The number of carbonyl (C=O) groups excluding carboxylic acids is 1. The van der Waals surface area contributed by atoms with E-state index in [0.29, 0.717) is 5.56 Å². The number of rotatable bonds is 2. The fourth-order valence-corrected chi connectivity index (χ4v) is 2.58. The van der Waals surface area contributed by atoms with E-state index >= 15 is 0 Å². The molecule has 4 nitrogen and oxygen atoms in total. The predicted octanol–water partition coefficient (Wildman–Crippen LogP) is 2.45. The zero-order valence-corrected chi connectivity index (χ0v) is 10.6. The molecule has 2 aromatic rings. The zero-order valence-electron chi connectivity index (χ0n) is 10.6. The molecule has 1 aliphatic heterocycles. The molecular formula is C15H15N3O. The molecule has 0 radical (unpaired) electrons. The average molecular weight is 253 g/mol. The van der Waals surface area contributed by atoms with Gasteiger partial charge in [-0.15, -0.1) is 0 Å². The van der Waals surface area contributed by atoms with Gasteiger partial charge in [-0.3, -0.25) is 14.8 Å². The highest BCUT2D eigenvalue weighted by molar-refractivity contribution is 5.94. The molecular weight excluding hydrogens is 238 g/mol. The van der Waals surface area contributed by atoms with Gasteiger partial charge >= 0.3 is 0 Å². The topological polar surface area (TPSA) is 46.1 Å². The molecule has 1 amide bonds. The molecule has 0 saturated carbocycles. The Labute approximate surface area is 112 Å². The lowest BCUT2D eigenvalue weighted by molar-refractivity contribution is 0.0735. The van der Waals surface area contributed by atoms with Crippen molar-refractivity contribution >= 4 is 5.91 Å². The summed E-state index contributed by atoms with van der Waals surface area (Å²) in [5, 5.41) is 0. The molecule has 3 rings (SSSR count). The highest BCUT2D eigenvalue weighted by atomic mass is 16.2. The van der Waals surface area contributed by atoms with Crippen molar-refractivity contribution in [3.8, 4) is 0 Å². The third kappa shape index (κ3) is 2.34. The first kappa shape index (κ1) is 11.8. The van der Waals surface area contributed by atoms with Crippen molar-refractivity contribution < 1.29 is 4.79 Å². The Hall–Kier alpha value is -2.23. The third-order valence-electron chi connectivity index (χ3n) is 3.49. The van der Waals surface area contributed by atoms with E-state index in [9.17, 15) is 4.79 Å². The lowest BCUT2D eigenvalue weighted by atomic mass is 10.1. The Kier molecular flexibility index (Phi) is 3.23. The molecule has 1 aliphatic rings. The quantitative estimate of drug-likeness (QED) is 0.826. The first-order chi connectivity index (χ1) is 9.36. The van der Waals surface area contributed by atoms with E-state index in [0.717, 1.165) is 24.9 Å². The number of amides is 1. The van der Waals surface area contributed by atoms with Crippen molar-refractivity contribution in [1.82, 2.24) is 14.9 Å². The van der Waals surface area contributed by atoms with Gasteiger partial charge in [0.05, 0.1) is 11.6 Å². The molecule has 3 heterocycles. The molecule has 96 valence electrons. The number of hydrogen-bond acceptors (Lipinski definition) is 3. The summed E-state index contributed by atoms with van der Waals surface area (Å²) in [4.78, 5) is 22.6. The van der Waals surface area contributed by atoms with Crippen LogP contribution in [0.25, 0.3) is 0 Å². The summed E-state index contributed by atoms with van der Waals surface area (Å²) in [6, 6.07) is 7.70. The molecule has 1 unspecified atom stereocenters. The standard InChI is InChI=1S/C15H15N3O/c19-15(13-5-2-8-17-11-13)18-9-3-6-14(18)12-4-1-7-16-10-12/h1-2,4-5,7-8,10-11,14H,3,6,9H2. The van der Waals surface area contributed by atoms with E-state index < -0.39 is 0 Å². The van der Waals surface area contributed by atoms with E-state index in [-0.39, 0.29) is 11.9 Å². The third-order valence-corrected chi connectivity index (χ3v) is 3.49. The number of aromatic nitrogens is 2. The van der Waals surface area contributed by atoms with Gasteiger partial charge < -0.3 is 4.90 Å². The SMILES string of the molecule is O=C(c1cccnc1)N1CCCC1c1cccnc1. The molecule has 0 spiro atoms. The second-order valence-electron chi connectivity index (χ2n) is 4.68. The lowest BCUT2D eigenvalue weighted by Crippen LogP contribution is -2.30. The molecule has 1 saturated heterocycles. The van der Waals surface area contributed by atoms with Crippen LogP contribution < -0.4 is 0 Å². The van der Waals surface area contributed by atoms with E-state index in [1.165, 1.54) is 0 Å².